The number of nitrogens with zero attached hydrogens (tertiary/aromatic N) is 2. The van der Waals surface area contributed by atoms with Crippen LogP contribution in [0.15, 0.2) is 58.1 Å². The summed E-state index contributed by atoms with van der Waals surface area (Å²) in [7, 11) is 0. The van der Waals surface area contributed by atoms with Gasteiger partial charge in [0.2, 0.25) is 0 Å². The Labute approximate surface area is 137 Å². The lowest BCUT2D eigenvalue weighted by molar-refractivity contribution is 0.552. The van der Waals surface area contributed by atoms with Gasteiger partial charge >= 0.3 is 11.4 Å². The van der Waals surface area contributed by atoms with Crippen LogP contribution >= 0.6 is 0 Å². The minimum Gasteiger partial charge on any atom is -0.306 e. The number of H-pyrrole nitrogens is 2. The van der Waals surface area contributed by atoms with E-state index in [4.69, 9.17) is 0 Å². The Hall–Kier alpha value is -3.02. The molecule has 0 amide bonds. The SMILES string of the molecule is O=c1[nH]c2ccccc2n1CCCCn1c(=O)[nH]c2ccccc21. The van der Waals surface area contributed by atoms with E-state index in [-0.39, 0.29) is 11.4 Å². The zero-order valence-electron chi connectivity index (χ0n) is 13.2. The third-order valence-corrected chi connectivity index (χ3v) is 4.38. The second-order valence-electron chi connectivity index (χ2n) is 5.90. The van der Waals surface area contributed by atoms with E-state index in [1.165, 1.54) is 0 Å². The van der Waals surface area contributed by atoms with E-state index >= 15 is 0 Å². The lowest BCUT2D eigenvalue weighted by Gasteiger charge is -2.05. The standard InChI is InChI=1S/C18H18N4O2/c23-17-19-13-7-1-3-9-15(13)21(17)11-5-6-12-22-16-10-4-2-8-14(16)20-18(22)24/h1-4,7-10H,5-6,11-12H2,(H,19,23)(H,20,24). The normalized spacial score (nSPS) is 11.5. The first-order valence-electron chi connectivity index (χ1n) is 8.09. The van der Waals surface area contributed by atoms with Crippen LogP contribution in [0.25, 0.3) is 22.1 Å². The van der Waals surface area contributed by atoms with E-state index in [1.54, 1.807) is 9.13 Å². The fourth-order valence-electron chi connectivity index (χ4n) is 3.20. The minimum atomic E-state index is -0.0829. The number of hydrogen-bond acceptors (Lipinski definition) is 2. The van der Waals surface area contributed by atoms with Gasteiger partial charge in [-0.15, -0.1) is 0 Å². The highest BCUT2D eigenvalue weighted by atomic mass is 16.1. The van der Waals surface area contributed by atoms with Gasteiger partial charge in [-0.3, -0.25) is 9.13 Å². The summed E-state index contributed by atoms with van der Waals surface area (Å²) in [6, 6.07) is 15.4. The number of hydrogen-bond donors (Lipinski definition) is 2. The quantitative estimate of drug-likeness (QED) is 0.554. The summed E-state index contributed by atoms with van der Waals surface area (Å²) in [4.78, 5) is 29.8. The first-order valence-corrected chi connectivity index (χ1v) is 8.09. The van der Waals surface area contributed by atoms with Crippen LogP contribution in [0.2, 0.25) is 0 Å². The molecule has 0 saturated carbocycles. The zero-order valence-corrected chi connectivity index (χ0v) is 13.2. The Morgan fingerprint density at radius 3 is 1.54 bits per heavy atom. The third-order valence-electron chi connectivity index (χ3n) is 4.38. The molecule has 0 aliphatic rings. The van der Waals surface area contributed by atoms with E-state index in [0.29, 0.717) is 13.1 Å². The number of para-hydroxylation sites is 4. The van der Waals surface area contributed by atoms with Crippen LogP contribution in [0.4, 0.5) is 0 Å². The molecule has 2 aromatic heterocycles. The number of benzene rings is 2. The Balaban J connectivity index is 1.48. The molecule has 2 N–H and O–H groups in total. The van der Waals surface area contributed by atoms with E-state index in [9.17, 15) is 9.59 Å². The van der Waals surface area contributed by atoms with Crippen molar-refractivity contribution in [1.29, 1.82) is 0 Å². The van der Waals surface area contributed by atoms with Crippen LogP contribution in [0.1, 0.15) is 12.8 Å². The second-order valence-corrected chi connectivity index (χ2v) is 5.90. The van der Waals surface area contributed by atoms with Crippen molar-refractivity contribution in [2.45, 2.75) is 25.9 Å². The van der Waals surface area contributed by atoms with E-state index in [1.807, 2.05) is 48.5 Å². The smallest absolute Gasteiger partial charge is 0.306 e. The first kappa shape index (κ1) is 14.6. The second kappa shape index (κ2) is 5.88. The van der Waals surface area contributed by atoms with Gasteiger partial charge in [0, 0.05) is 13.1 Å². The van der Waals surface area contributed by atoms with Crippen molar-refractivity contribution in [2.24, 2.45) is 0 Å². The zero-order chi connectivity index (χ0) is 16.5. The molecule has 6 heteroatoms. The maximum atomic E-state index is 12.0. The lowest BCUT2D eigenvalue weighted by Crippen LogP contribution is -2.19. The molecular weight excluding hydrogens is 304 g/mol. The molecule has 2 heterocycles. The van der Waals surface area contributed by atoms with Gasteiger partial charge in [-0.2, -0.15) is 0 Å². The molecule has 4 aromatic rings. The van der Waals surface area contributed by atoms with Crippen molar-refractivity contribution in [2.75, 3.05) is 0 Å². The van der Waals surface area contributed by atoms with Crippen molar-refractivity contribution in [3.8, 4) is 0 Å². The third kappa shape index (κ3) is 2.46. The number of nitrogens with one attached hydrogen (secondary N) is 2. The molecule has 2 aromatic carbocycles. The highest BCUT2D eigenvalue weighted by Gasteiger charge is 2.07. The van der Waals surface area contributed by atoms with Crippen LogP contribution in [-0.4, -0.2) is 19.1 Å². The van der Waals surface area contributed by atoms with E-state index < -0.39 is 0 Å². The molecule has 0 spiro atoms. The van der Waals surface area contributed by atoms with Crippen molar-refractivity contribution in [3.63, 3.8) is 0 Å². The van der Waals surface area contributed by atoms with Gasteiger partial charge in [-0.25, -0.2) is 9.59 Å². The maximum absolute atomic E-state index is 12.0. The van der Waals surface area contributed by atoms with Crippen molar-refractivity contribution >= 4 is 22.1 Å². The van der Waals surface area contributed by atoms with Crippen molar-refractivity contribution in [1.82, 2.24) is 19.1 Å². The summed E-state index contributed by atoms with van der Waals surface area (Å²) < 4.78 is 3.51. The molecule has 0 unspecified atom stereocenters. The van der Waals surface area contributed by atoms with Crippen LogP contribution in [-0.2, 0) is 13.1 Å². The van der Waals surface area contributed by atoms with Gasteiger partial charge in [0.1, 0.15) is 0 Å². The van der Waals surface area contributed by atoms with Gasteiger partial charge in [-0.05, 0) is 37.1 Å². The molecule has 6 nitrogen and oxygen atoms in total. The van der Waals surface area contributed by atoms with E-state index in [0.717, 1.165) is 34.9 Å². The minimum absolute atomic E-state index is 0.0829. The Morgan fingerprint density at radius 2 is 1.08 bits per heavy atom. The summed E-state index contributed by atoms with van der Waals surface area (Å²) >= 11 is 0. The number of unbranched alkanes of at least 4 members (excludes halogenated alkanes) is 1. The maximum Gasteiger partial charge on any atom is 0.326 e. The number of fused-ring (bicyclic) bond motifs is 2. The van der Waals surface area contributed by atoms with Crippen LogP contribution in [0.3, 0.4) is 0 Å². The molecular formula is C18H18N4O2. The highest BCUT2D eigenvalue weighted by molar-refractivity contribution is 5.75. The number of rotatable bonds is 5. The molecule has 0 radical (unpaired) electrons. The highest BCUT2D eigenvalue weighted by Crippen LogP contribution is 2.12. The largest absolute Gasteiger partial charge is 0.326 e. The molecule has 0 aliphatic heterocycles. The number of aromatic amines is 2. The molecule has 0 saturated heterocycles. The van der Waals surface area contributed by atoms with Crippen LogP contribution < -0.4 is 11.4 Å². The summed E-state index contributed by atoms with van der Waals surface area (Å²) in [6.07, 6.45) is 1.65. The Bertz CT molecular complexity index is 1020. The van der Waals surface area contributed by atoms with Gasteiger partial charge in [-0.1, -0.05) is 24.3 Å². The molecule has 122 valence electrons. The first-order chi connectivity index (χ1) is 11.7. The monoisotopic (exact) mass is 322 g/mol. The predicted molar refractivity (Wildman–Crippen MR) is 94.4 cm³/mol. The van der Waals surface area contributed by atoms with Crippen LogP contribution in [0.5, 0.6) is 0 Å². The number of imidazole rings is 2. The van der Waals surface area contributed by atoms with Crippen molar-refractivity contribution in [3.05, 3.63) is 69.5 Å². The van der Waals surface area contributed by atoms with Gasteiger partial charge in [0.25, 0.3) is 0 Å². The Kier molecular flexibility index (Phi) is 3.57. The molecule has 0 aliphatic carbocycles. The fourth-order valence-corrected chi connectivity index (χ4v) is 3.20. The fraction of sp³-hybridized carbons (Fsp3) is 0.222. The van der Waals surface area contributed by atoms with Crippen molar-refractivity contribution < 1.29 is 0 Å². The predicted octanol–water partition coefficient (Wildman–Crippen LogP) is 2.45. The lowest BCUT2D eigenvalue weighted by atomic mass is 10.2. The summed E-state index contributed by atoms with van der Waals surface area (Å²) in [5.74, 6) is 0. The average Bonchev–Trinajstić information content (AvgIpc) is 3.08. The molecule has 4 rings (SSSR count). The van der Waals surface area contributed by atoms with Gasteiger partial charge in [0.05, 0.1) is 22.1 Å². The summed E-state index contributed by atoms with van der Waals surface area (Å²) in [5, 5.41) is 0. The molecule has 0 atom stereocenters. The van der Waals surface area contributed by atoms with Gasteiger partial charge in [0.15, 0.2) is 0 Å². The number of aromatic nitrogens is 4. The van der Waals surface area contributed by atoms with Gasteiger partial charge < -0.3 is 9.97 Å². The molecule has 24 heavy (non-hydrogen) atoms. The number of aryl methyl sites for hydroxylation is 2. The topological polar surface area (TPSA) is 75.6 Å². The molecule has 0 fully saturated rings. The van der Waals surface area contributed by atoms with Crippen LogP contribution in [0, 0.1) is 0 Å². The average molecular weight is 322 g/mol. The van der Waals surface area contributed by atoms with E-state index in [2.05, 4.69) is 9.97 Å². The Morgan fingerprint density at radius 1 is 0.667 bits per heavy atom. The summed E-state index contributed by atoms with van der Waals surface area (Å²) in [5.41, 5.74) is 3.39. The molecule has 0 bridgehead atoms. The summed E-state index contributed by atoms with van der Waals surface area (Å²) in [6.45, 7) is 1.28.